The van der Waals surface area contributed by atoms with E-state index in [4.69, 9.17) is 0 Å². The number of thiophene rings is 1. The molecular weight excluding hydrogens is 308 g/mol. The largest absolute Gasteiger partial charge is 0.311 e. The first-order valence-corrected chi connectivity index (χ1v) is 9.22. The van der Waals surface area contributed by atoms with E-state index in [0.29, 0.717) is 17.9 Å². The van der Waals surface area contributed by atoms with Gasteiger partial charge < -0.3 is 5.32 Å². The van der Waals surface area contributed by atoms with Crippen LogP contribution < -0.4 is 10.0 Å². The molecule has 0 spiro atoms. The molecule has 0 bridgehead atoms. The van der Waals surface area contributed by atoms with Crippen molar-refractivity contribution >= 4 is 21.4 Å². The van der Waals surface area contributed by atoms with E-state index in [1.165, 1.54) is 0 Å². The average molecular weight is 328 g/mol. The van der Waals surface area contributed by atoms with E-state index in [1.54, 1.807) is 18.3 Å². The van der Waals surface area contributed by atoms with E-state index in [9.17, 15) is 8.42 Å². The second-order valence-electron chi connectivity index (χ2n) is 4.76. The lowest BCUT2D eigenvalue weighted by Gasteiger charge is -2.08. The maximum atomic E-state index is 12.5. The number of nitrogens with one attached hydrogen (secondary N) is 3. The molecule has 2 heterocycles. The molecule has 0 aromatic carbocycles. The maximum Gasteiger partial charge on any atom is 0.244 e. The highest BCUT2D eigenvalue weighted by Gasteiger charge is 2.23. The average Bonchev–Trinajstić information content (AvgIpc) is 3.07. The summed E-state index contributed by atoms with van der Waals surface area (Å²) >= 11 is 1.54. The molecule has 0 atom stereocenters. The van der Waals surface area contributed by atoms with Crippen molar-refractivity contribution in [3.63, 3.8) is 0 Å². The molecule has 21 heavy (non-hydrogen) atoms. The molecule has 0 saturated heterocycles. The summed E-state index contributed by atoms with van der Waals surface area (Å²) in [6.45, 7) is 5.33. The van der Waals surface area contributed by atoms with Gasteiger partial charge in [-0.05, 0) is 42.3 Å². The van der Waals surface area contributed by atoms with Crippen molar-refractivity contribution in [1.82, 2.24) is 20.2 Å². The third kappa shape index (κ3) is 4.13. The molecule has 0 radical (unpaired) electrons. The van der Waals surface area contributed by atoms with Crippen LogP contribution in [0.5, 0.6) is 0 Å². The van der Waals surface area contributed by atoms with Gasteiger partial charge in [-0.3, -0.25) is 5.10 Å². The second-order valence-corrected chi connectivity index (χ2v) is 7.24. The van der Waals surface area contributed by atoms with Crippen molar-refractivity contribution in [1.29, 1.82) is 0 Å². The minimum absolute atomic E-state index is 0.251. The Hall–Kier alpha value is -1.22. The molecule has 116 valence electrons. The number of nitrogens with zero attached hydrogens (tertiary/aromatic N) is 1. The number of rotatable bonds is 8. The van der Waals surface area contributed by atoms with Crippen LogP contribution in [-0.2, 0) is 23.1 Å². The molecular formula is C13H20N4O2S2. The van der Waals surface area contributed by atoms with Crippen molar-refractivity contribution in [2.45, 2.75) is 38.3 Å². The minimum Gasteiger partial charge on any atom is -0.311 e. The number of aromatic amines is 1. The molecule has 2 aromatic rings. The fourth-order valence-electron chi connectivity index (χ4n) is 1.97. The monoisotopic (exact) mass is 328 g/mol. The molecule has 0 aliphatic carbocycles. The van der Waals surface area contributed by atoms with Crippen LogP contribution in [0.15, 0.2) is 21.7 Å². The smallest absolute Gasteiger partial charge is 0.244 e. The Bertz CT molecular complexity index is 662. The van der Waals surface area contributed by atoms with Crippen molar-refractivity contribution in [2.75, 3.05) is 6.54 Å². The Morgan fingerprint density at radius 1 is 1.38 bits per heavy atom. The van der Waals surface area contributed by atoms with Gasteiger partial charge in [0, 0.05) is 13.1 Å². The second kappa shape index (κ2) is 7.17. The van der Waals surface area contributed by atoms with Crippen LogP contribution in [0, 0.1) is 6.92 Å². The predicted octanol–water partition coefficient (Wildman–Crippen LogP) is 1.76. The number of aromatic nitrogens is 2. The molecule has 0 amide bonds. The van der Waals surface area contributed by atoms with Crippen LogP contribution >= 0.6 is 11.3 Å². The third-order valence-electron chi connectivity index (χ3n) is 3.00. The lowest BCUT2D eigenvalue weighted by atomic mass is 10.3. The van der Waals surface area contributed by atoms with Crippen molar-refractivity contribution in [3.8, 4) is 0 Å². The van der Waals surface area contributed by atoms with Gasteiger partial charge in [0.2, 0.25) is 10.0 Å². The zero-order chi connectivity index (χ0) is 15.3. The van der Waals surface area contributed by atoms with Crippen LogP contribution in [0.1, 0.15) is 30.3 Å². The molecule has 0 aliphatic heterocycles. The van der Waals surface area contributed by atoms with Crippen LogP contribution in [0.2, 0.25) is 0 Å². The predicted molar refractivity (Wildman–Crippen MR) is 83.7 cm³/mol. The van der Waals surface area contributed by atoms with E-state index >= 15 is 0 Å². The number of hydrogen-bond donors (Lipinski definition) is 3. The van der Waals surface area contributed by atoms with Gasteiger partial charge in [-0.1, -0.05) is 6.92 Å². The van der Waals surface area contributed by atoms with Gasteiger partial charge in [-0.2, -0.15) is 16.4 Å². The van der Waals surface area contributed by atoms with Gasteiger partial charge in [-0.25, -0.2) is 13.1 Å². The summed E-state index contributed by atoms with van der Waals surface area (Å²) in [5.41, 5.74) is 2.04. The fourth-order valence-corrected chi connectivity index (χ4v) is 4.02. The summed E-state index contributed by atoms with van der Waals surface area (Å²) in [5.74, 6) is 0. The van der Waals surface area contributed by atoms with E-state index < -0.39 is 10.0 Å². The lowest BCUT2D eigenvalue weighted by molar-refractivity contribution is 0.577. The number of H-pyrrole nitrogens is 1. The zero-order valence-electron chi connectivity index (χ0n) is 12.1. The number of aryl methyl sites for hydroxylation is 1. The van der Waals surface area contributed by atoms with Gasteiger partial charge in [0.1, 0.15) is 4.90 Å². The van der Waals surface area contributed by atoms with Gasteiger partial charge in [0.25, 0.3) is 0 Å². The summed E-state index contributed by atoms with van der Waals surface area (Å²) < 4.78 is 27.6. The third-order valence-corrected chi connectivity index (χ3v) is 5.33. The van der Waals surface area contributed by atoms with E-state index in [0.717, 1.165) is 18.5 Å². The van der Waals surface area contributed by atoms with Gasteiger partial charge >= 0.3 is 0 Å². The summed E-state index contributed by atoms with van der Waals surface area (Å²) in [4.78, 5) is 0.251. The first-order chi connectivity index (χ1) is 10.0. The molecule has 0 aliphatic rings. The standard InChI is InChI=1S/C13H20N4O2S2/c1-3-5-14-8-12-13(10(2)16-17-12)21(18,19)15-7-11-4-6-20-9-11/h4,6,9,14-15H,3,5,7-8H2,1-2H3,(H,16,17). The fraction of sp³-hybridized carbons (Fsp3) is 0.462. The molecule has 0 saturated carbocycles. The molecule has 0 fully saturated rings. The first kappa shape index (κ1) is 16.2. The highest BCUT2D eigenvalue weighted by atomic mass is 32.2. The number of sulfonamides is 1. The van der Waals surface area contributed by atoms with Gasteiger partial charge in [0.05, 0.1) is 11.4 Å². The molecule has 2 aromatic heterocycles. The highest BCUT2D eigenvalue weighted by molar-refractivity contribution is 7.89. The van der Waals surface area contributed by atoms with Crippen LogP contribution in [0.3, 0.4) is 0 Å². The van der Waals surface area contributed by atoms with Crippen LogP contribution in [-0.4, -0.2) is 25.2 Å². The van der Waals surface area contributed by atoms with Crippen molar-refractivity contribution < 1.29 is 8.42 Å². The zero-order valence-corrected chi connectivity index (χ0v) is 13.8. The van der Waals surface area contributed by atoms with Crippen LogP contribution in [0.25, 0.3) is 0 Å². The summed E-state index contributed by atoms with van der Waals surface area (Å²) in [6.07, 6.45) is 0.988. The topological polar surface area (TPSA) is 86.9 Å². The SMILES string of the molecule is CCCNCc1n[nH]c(C)c1S(=O)(=O)NCc1ccsc1. The molecule has 8 heteroatoms. The summed E-state index contributed by atoms with van der Waals surface area (Å²) in [7, 11) is -3.57. The first-order valence-electron chi connectivity index (χ1n) is 6.80. The van der Waals surface area contributed by atoms with E-state index in [-0.39, 0.29) is 11.4 Å². The maximum absolute atomic E-state index is 12.5. The molecule has 0 unspecified atom stereocenters. The Morgan fingerprint density at radius 2 is 2.19 bits per heavy atom. The Labute approximate surface area is 129 Å². The van der Waals surface area contributed by atoms with E-state index in [2.05, 4.69) is 27.2 Å². The summed E-state index contributed by atoms with van der Waals surface area (Å²) in [6, 6.07) is 1.90. The highest BCUT2D eigenvalue weighted by Crippen LogP contribution is 2.18. The van der Waals surface area contributed by atoms with Gasteiger partial charge in [-0.15, -0.1) is 0 Å². The Morgan fingerprint density at radius 3 is 2.86 bits per heavy atom. The van der Waals surface area contributed by atoms with Crippen molar-refractivity contribution in [2.24, 2.45) is 0 Å². The minimum atomic E-state index is -3.57. The summed E-state index contributed by atoms with van der Waals surface area (Å²) in [5, 5.41) is 13.9. The number of hydrogen-bond acceptors (Lipinski definition) is 5. The molecule has 6 nitrogen and oxygen atoms in total. The Balaban J connectivity index is 2.13. The Kier molecular flexibility index (Phi) is 5.51. The lowest BCUT2D eigenvalue weighted by Crippen LogP contribution is -2.25. The molecule has 3 N–H and O–H groups in total. The van der Waals surface area contributed by atoms with E-state index in [1.807, 2.05) is 16.8 Å². The van der Waals surface area contributed by atoms with Gasteiger partial charge in [0.15, 0.2) is 0 Å². The van der Waals surface area contributed by atoms with Crippen molar-refractivity contribution in [3.05, 3.63) is 33.8 Å². The van der Waals surface area contributed by atoms with Crippen LogP contribution in [0.4, 0.5) is 0 Å². The quantitative estimate of drug-likeness (QED) is 0.644. The normalized spacial score (nSPS) is 11.9. The molecule has 2 rings (SSSR count).